The SMILES string of the molecule is CCOC(=O)C(C(=N)CCF)=C(O)c1cnc(Cl)c(Cl)c1Cl. The standard InChI is InChI=1S/C13H12Cl3FN2O3/c1-2-22-13(21)8(7(18)3-4-17)11(20)6-5-19-12(16)10(15)9(6)14/h5,18,20H,2-4H2,1H3. The van der Waals surface area contributed by atoms with Crippen molar-refractivity contribution < 1.29 is 19.0 Å². The molecule has 0 aliphatic carbocycles. The monoisotopic (exact) mass is 368 g/mol. The summed E-state index contributed by atoms with van der Waals surface area (Å²) in [5.41, 5.74) is -1.04. The van der Waals surface area contributed by atoms with Gasteiger partial charge in [0.15, 0.2) is 0 Å². The molecule has 0 fully saturated rings. The van der Waals surface area contributed by atoms with E-state index in [0.29, 0.717) is 0 Å². The zero-order chi connectivity index (χ0) is 16.9. The van der Waals surface area contributed by atoms with Crippen LogP contribution in [0.1, 0.15) is 18.9 Å². The van der Waals surface area contributed by atoms with E-state index in [0.717, 1.165) is 6.20 Å². The molecule has 0 aliphatic heterocycles. The summed E-state index contributed by atoms with van der Waals surface area (Å²) in [5, 5.41) is 17.6. The number of aromatic nitrogens is 1. The Balaban J connectivity index is 3.48. The van der Waals surface area contributed by atoms with Crippen LogP contribution in [-0.4, -0.2) is 35.1 Å². The summed E-state index contributed by atoms with van der Waals surface area (Å²) in [6.45, 7) is 0.702. The summed E-state index contributed by atoms with van der Waals surface area (Å²) in [4.78, 5) is 15.6. The van der Waals surface area contributed by atoms with Gasteiger partial charge in [0.05, 0.1) is 34.6 Å². The molecule has 0 aromatic carbocycles. The number of hydrogen-bond donors (Lipinski definition) is 2. The first-order valence-corrected chi connectivity index (χ1v) is 7.22. The largest absolute Gasteiger partial charge is 0.506 e. The van der Waals surface area contributed by atoms with Crippen LogP contribution in [0, 0.1) is 5.41 Å². The predicted molar refractivity (Wildman–Crippen MR) is 83.8 cm³/mol. The lowest BCUT2D eigenvalue weighted by molar-refractivity contribution is -0.137. The molecule has 0 aliphatic rings. The van der Waals surface area contributed by atoms with E-state index in [1.165, 1.54) is 0 Å². The minimum absolute atomic E-state index is 0.0197. The molecule has 0 atom stereocenters. The Morgan fingerprint density at radius 3 is 2.59 bits per heavy atom. The summed E-state index contributed by atoms with van der Waals surface area (Å²) < 4.78 is 17.2. The predicted octanol–water partition coefficient (Wildman–Crippen LogP) is 4.25. The third-order valence-corrected chi connectivity index (χ3v) is 3.78. The topological polar surface area (TPSA) is 83.3 Å². The van der Waals surface area contributed by atoms with Crippen LogP contribution in [0.4, 0.5) is 4.39 Å². The van der Waals surface area contributed by atoms with Gasteiger partial charge in [0, 0.05) is 12.6 Å². The molecule has 22 heavy (non-hydrogen) atoms. The van der Waals surface area contributed by atoms with Crippen molar-refractivity contribution in [2.75, 3.05) is 13.3 Å². The number of hydrogen-bond acceptors (Lipinski definition) is 5. The highest BCUT2D eigenvalue weighted by molar-refractivity contribution is 6.48. The zero-order valence-corrected chi connectivity index (χ0v) is 13.7. The van der Waals surface area contributed by atoms with E-state index >= 15 is 0 Å². The number of nitrogens with one attached hydrogen (secondary N) is 1. The first-order valence-electron chi connectivity index (χ1n) is 6.09. The summed E-state index contributed by atoms with van der Waals surface area (Å²) >= 11 is 17.5. The molecule has 0 spiro atoms. The van der Waals surface area contributed by atoms with Gasteiger partial charge in [-0.05, 0) is 6.92 Å². The van der Waals surface area contributed by atoms with E-state index in [2.05, 4.69) is 4.98 Å². The second-order valence-electron chi connectivity index (χ2n) is 3.95. The summed E-state index contributed by atoms with van der Waals surface area (Å²) in [5.74, 6) is -1.64. The molecule has 9 heteroatoms. The first kappa shape index (κ1) is 18.7. The van der Waals surface area contributed by atoms with E-state index < -0.39 is 29.7 Å². The quantitative estimate of drug-likeness (QED) is 0.258. The molecule has 0 amide bonds. The van der Waals surface area contributed by atoms with Crippen molar-refractivity contribution in [2.24, 2.45) is 0 Å². The van der Waals surface area contributed by atoms with Crippen molar-refractivity contribution in [3.05, 3.63) is 32.5 Å². The van der Waals surface area contributed by atoms with E-state index in [1.807, 2.05) is 0 Å². The Labute approximate surface area is 141 Å². The third kappa shape index (κ3) is 4.09. The lowest BCUT2D eigenvalue weighted by Gasteiger charge is -2.12. The molecule has 0 saturated heterocycles. The third-order valence-electron chi connectivity index (χ3n) is 2.54. The molecule has 1 rings (SSSR count). The highest BCUT2D eigenvalue weighted by Gasteiger charge is 2.25. The smallest absolute Gasteiger partial charge is 0.343 e. The van der Waals surface area contributed by atoms with Gasteiger partial charge in [0.2, 0.25) is 0 Å². The maximum atomic E-state index is 12.4. The average Bonchev–Trinajstić information content (AvgIpc) is 2.45. The Morgan fingerprint density at radius 1 is 1.41 bits per heavy atom. The van der Waals surface area contributed by atoms with Gasteiger partial charge in [0.25, 0.3) is 0 Å². The number of carbonyl (C=O) groups excluding carboxylic acids is 1. The minimum Gasteiger partial charge on any atom is -0.506 e. The lowest BCUT2D eigenvalue weighted by atomic mass is 10.0. The van der Waals surface area contributed by atoms with Crippen LogP contribution in [0.3, 0.4) is 0 Å². The van der Waals surface area contributed by atoms with Gasteiger partial charge in [-0.15, -0.1) is 0 Å². The normalized spacial score (nSPS) is 11.9. The van der Waals surface area contributed by atoms with E-state index in [4.69, 9.17) is 44.9 Å². The van der Waals surface area contributed by atoms with Gasteiger partial charge in [-0.3, -0.25) is 4.39 Å². The van der Waals surface area contributed by atoms with Crippen molar-refractivity contribution >= 4 is 52.2 Å². The maximum absolute atomic E-state index is 12.4. The minimum atomic E-state index is -0.972. The number of esters is 1. The van der Waals surface area contributed by atoms with E-state index in [9.17, 15) is 14.3 Å². The molecule has 0 bridgehead atoms. The van der Waals surface area contributed by atoms with Crippen LogP contribution in [0.2, 0.25) is 15.2 Å². The summed E-state index contributed by atoms with van der Waals surface area (Å²) in [6, 6.07) is 0. The van der Waals surface area contributed by atoms with Crippen molar-refractivity contribution in [3.63, 3.8) is 0 Å². The van der Waals surface area contributed by atoms with Gasteiger partial charge in [-0.2, -0.15) is 0 Å². The van der Waals surface area contributed by atoms with Crippen molar-refractivity contribution in [1.29, 1.82) is 5.41 Å². The molecule has 1 heterocycles. The van der Waals surface area contributed by atoms with Crippen LogP contribution < -0.4 is 0 Å². The highest BCUT2D eigenvalue weighted by atomic mass is 35.5. The van der Waals surface area contributed by atoms with Gasteiger partial charge in [-0.1, -0.05) is 34.8 Å². The van der Waals surface area contributed by atoms with Gasteiger partial charge in [0.1, 0.15) is 16.5 Å². The van der Waals surface area contributed by atoms with Crippen LogP contribution in [0.5, 0.6) is 0 Å². The molecule has 1 aromatic heterocycles. The molecule has 0 saturated carbocycles. The fraction of sp³-hybridized carbons (Fsp3) is 0.308. The number of nitrogens with zero attached hydrogens (tertiary/aromatic N) is 1. The Kier molecular flexibility index (Phi) is 7.06. The highest BCUT2D eigenvalue weighted by Crippen LogP contribution is 2.34. The molecular weight excluding hydrogens is 358 g/mol. The van der Waals surface area contributed by atoms with Gasteiger partial charge in [-0.25, -0.2) is 9.78 Å². The molecule has 5 nitrogen and oxygen atoms in total. The Bertz CT molecular complexity index is 615. The second kappa shape index (κ2) is 8.31. The first-order chi connectivity index (χ1) is 10.3. The van der Waals surface area contributed by atoms with Crippen LogP contribution >= 0.6 is 34.8 Å². The number of alkyl halides is 1. The number of aliphatic hydroxyl groups excluding tert-OH is 1. The van der Waals surface area contributed by atoms with E-state index in [-0.39, 0.29) is 33.8 Å². The lowest BCUT2D eigenvalue weighted by Crippen LogP contribution is -2.18. The maximum Gasteiger partial charge on any atom is 0.343 e. The van der Waals surface area contributed by atoms with Gasteiger partial charge < -0.3 is 15.3 Å². The van der Waals surface area contributed by atoms with Crippen molar-refractivity contribution in [2.45, 2.75) is 13.3 Å². The van der Waals surface area contributed by atoms with E-state index in [1.54, 1.807) is 6.92 Å². The van der Waals surface area contributed by atoms with Crippen molar-refractivity contribution in [3.8, 4) is 0 Å². The fourth-order valence-corrected chi connectivity index (χ4v) is 2.10. The molecule has 0 unspecified atom stereocenters. The number of ether oxygens (including phenoxy) is 1. The fourth-order valence-electron chi connectivity index (χ4n) is 1.53. The molecule has 2 N–H and O–H groups in total. The number of rotatable bonds is 6. The molecular formula is C13H12Cl3FN2O3. The molecule has 1 aromatic rings. The Hall–Kier alpha value is -1.37. The average molecular weight is 370 g/mol. The number of pyridine rings is 1. The number of halogens is 4. The number of aliphatic hydroxyl groups is 1. The Morgan fingerprint density at radius 2 is 2.05 bits per heavy atom. The van der Waals surface area contributed by atoms with Crippen LogP contribution in [0.25, 0.3) is 5.76 Å². The molecule has 0 radical (unpaired) electrons. The zero-order valence-electron chi connectivity index (χ0n) is 11.4. The molecule has 120 valence electrons. The number of carbonyl (C=O) groups is 1. The summed E-state index contributed by atoms with van der Waals surface area (Å²) in [7, 11) is 0. The van der Waals surface area contributed by atoms with Gasteiger partial charge >= 0.3 is 5.97 Å². The summed E-state index contributed by atoms with van der Waals surface area (Å²) in [6.07, 6.45) is 0.721. The van der Waals surface area contributed by atoms with Crippen molar-refractivity contribution in [1.82, 2.24) is 4.98 Å². The van der Waals surface area contributed by atoms with Crippen LogP contribution in [-0.2, 0) is 9.53 Å². The van der Waals surface area contributed by atoms with Crippen LogP contribution in [0.15, 0.2) is 11.8 Å². The second-order valence-corrected chi connectivity index (χ2v) is 5.07.